The van der Waals surface area contributed by atoms with Gasteiger partial charge in [-0.2, -0.15) is 0 Å². The van der Waals surface area contributed by atoms with E-state index < -0.39 is 0 Å². The molecule has 0 spiro atoms. The third-order valence-electron chi connectivity index (χ3n) is 2.85. The van der Waals surface area contributed by atoms with Crippen LogP contribution in [0.2, 0.25) is 0 Å². The molecule has 2 unspecified atom stereocenters. The van der Waals surface area contributed by atoms with Gasteiger partial charge in [0.1, 0.15) is 0 Å². The number of hydrogen-bond donors (Lipinski definition) is 1. The molecule has 0 rings (SSSR count). The van der Waals surface area contributed by atoms with Gasteiger partial charge >= 0.3 is 0 Å². The van der Waals surface area contributed by atoms with Crippen LogP contribution in [-0.2, 0) is 4.74 Å². The summed E-state index contributed by atoms with van der Waals surface area (Å²) in [4.78, 5) is 2.39. The van der Waals surface area contributed by atoms with Crippen molar-refractivity contribution in [2.24, 2.45) is 0 Å². The van der Waals surface area contributed by atoms with Crippen LogP contribution in [0.25, 0.3) is 0 Å². The van der Waals surface area contributed by atoms with Crippen LogP contribution in [-0.4, -0.2) is 51.3 Å². The van der Waals surface area contributed by atoms with Gasteiger partial charge in [0.25, 0.3) is 0 Å². The van der Waals surface area contributed by atoms with Crippen LogP contribution < -0.4 is 5.32 Å². The Hall–Kier alpha value is -0.120. The zero-order chi connectivity index (χ0) is 11.0. The zero-order valence-electron chi connectivity index (χ0n) is 10.3. The minimum absolute atomic E-state index is 0.504. The van der Waals surface area contributed by atoms with Crippen molar-refractivity contribution in [1.29, 1.82) is 0 Å². The van der Waals surface area contributed by atoms with E-state index in [1.807, 2.05) is 7.05 Å². The van der Waals surface area contributed by atoms with Gasteiger partial charge in [0.05, 0.1) is 6.61 Å². The third kappa shape index (κ3) is 5.58. The number of nitrogens with one attached hydrogen (secondary N) is 1. The topological polar surface area (TPSA) is 24.5 Å². The van der Waals surface area contributed by atoms with E-state index in [9.17, 15) is 0 Å². The monoisotopic (exact) mass is 202 g/mol. The molecule has 0 heterocycles. The molecule has 0 saturated heterocycles. The van der Waals surface area contributed by atoms with E-state index in [1.54, 1.807) is 7.11 Å². The van der Waals surface area contributed by atoms with E-state index in [2.05, 4.69) is 31.1 Å². The maximum Gasteiger partial charge on any atom is 0.0615 e. The van der Waals surface area contributed by atoms with E-state index in [1.165, 1.54) is 12.8 Å². The van der Waals surface area contributed by atoms with E-state index >= 15 is 0 Å². The maximum absolute atomic E-state index is 5.15. The first-order valence-electron chi connectivity index (χ1n) is 5.49. The summed E-state index contributed by atoms with van der Waals surface area (Å²) in [6.45, 7) is 6.41. The fourth-order valence-electron chi connectivity index (χ4n) is 1.57. The lowest BCUT2D eigenvalue weighted by Crippen LogP contribution is -2.39. The molecular formula is C11H26N2O. The Balaban J connectivity index is 3.68. The molecule has 2 atom stereocenters. The summed E-state index contributed by atoms with van der Waals surface area (Å²) in [5.74, 6) is 0. The minimum atomic E-state index is 0.504. The number of rotatable bonds is 8. The maximum atomic E-state index is 5.15. The first kappa shape index (κ1) is 13.9. The average molecular weight is 202 g/mol. The standard InChI is InChI=1S/C11H26N2O/c1-10(7-6-8-12-3)13(4)11(2)9-14-5/h10-12H,6-9H2,1-5H3. The van der Waals surface area contributed by atoms with Crippen molar-refractivity contribution in [3.05, 3.63) is 0 Å². The number of methoxy groups -OCH3 is 1. The molecule has 3 heteroatoms. The van der Waals surface area contributed by atoms with Crippen LogP contribution in [0.1, 0.15) is 26.7 Å². The smallest absolute Gasteiger partial charge is 0.0615 e. The first-order chi connectivity index (χ1) is 6.63. The molecule has 0 aliphatic heterocycles. The lowest BCUT2D eigenvalue weighted by Gasteiger charge is -2.30. The second-order valence-corrected chi connectivity index (χ2v) is 4.06. The van der Waals surface area contributed by atoms with Crippen LogP contribution in [0, 0.1) is 0 Å². The molecule has 3 nitrogen and oxygen atoms in total. The fourth-order valence-corrected chi connectivity index (χ4v) is 1.57. The molecule has 0 aliphatic rings. The number of ether oxygens (including phenoxy) is 1. The third-order valence-corrected chi connectivity index (χ3v) is 2.85. The van der Waals surface area contributed by atoms with Gasteiger partial charge in [-0.05, 0) is 47.3 Å². The van der Waals surface area contributed by atoms with Gasteiger partial charge in [-0.25, -0.2) is 0 Å². The Labute approximate surface area is 88.8 Å². The Morgan fingerprint density at radius 1 is 1.29 bits per heavy atom. The lowest BCUT2D eigenvalue weighted by molar-refractivity contribution is 0.0908. The molecule has 1 N–H and O–H groups in total. The largest absolute Gasteiger partial charge is 0.383 e. The number of hydrogen-bond acceptors (Lipinski definition) is 3. The predicted molar refractivity (Wildman–Crippen MR) is 61.7 cm³/mol. The Morgan fingerprint density at radius 3 is 2.43 bits per heavy atom. The normalized spacial score (nSPS) is 15.9. The summed E-state index contributed by atoms with van der Waals surface area (Å²) in [7, 11) is 5.94. The van der Waals surface area contributed by atoms with Gasteiger partial charge < -0.3 is 10.1 Å². The van der Waals surface area contributed by atoms with Crippen LogP contribution >= 0.6 is 0 Å². The molecule has 0 aromatic rings. The van der Waals surface area contributed by atoms with E-state index in [0.29, 0.717) is 12.1 Å². The van der Waals surface area contributed by atoms with E-state index in [-0.39, 0.29) is 0 Å². The molecule has 86 valence electrons. The summed E-state index contributed by atoms with van der Waals surface area (Å²) < 4.78 is 5.15. The molecule has 0 radical (unpaired) electrons. The summed E-state index contributed by atoms with van der Waals surface area (Å²) in [6, 6.07) is 1.14. The van der Waals surface area contributed by atoms with Crippen LogP contribution in [0.4, 0.5) is 0 Å². The van der Waals surface area contributed by atoms with Gasteiger partial charge in [0.15, 0.2) is 0 Å². The van der Waals surface area contributed by atoms with Crippen molar-refractivity contribution < 1.29 is 4.74 Å². The highest BCUT2D eigenvalue weighted by Gasteiger charge is 2.14. The van der Waals surface area contributed by atoms with E-state index in [0.717, 1.165) is 13.2 Å². The van der Waals surface area contributed by atoms with Crippen LogP contribution in [0.5, 0.6) is 0 Å². The van der Waals surface area contributed by atoms with Crippen molar-refractivity contribution in [1.82, 2.24) is 10.2 Å². The van der Waals surface area contributed by atoms with Gasteiger partial charge in [-0.3, -0.25) is 4.90 Å². The molecule has 0 aromatic carbocycles. The predicted octanol–water partition coefficient (Wildman–Crippen LogP) is 1.34. The second-order valence-electron chi connectivity index (χ2n) is 4.06. The Bertz CT molecular complexity index is 130. The zero-order valence-corrected chi connectivity index (χ0v) is 10.3. The molecular weight excluding hydrogens is 176 g/mol. The molecule has 0 saturated carbocycles. The second kappa shape index (κ2) is 8.21. The number of nitrogens with zero attached hydrogens (tertiary/aromatic N) is 1. The molecule has 0 aliphatic carbocycles. The SMILES string of the molecule is CNCCCC(C)N(C)C(C)COC. The van der Waals surface area contributed by atoms with Crippen molar-refractivity contribution in [2.45, 2.75) is 38.8 Å². The summed E-state index contributed by atoms with van der Waals surface area (Å²) in [5.41, 5.74) is 0. The lowest BCUT2D eigenvalue weighted by atomic mass is 10.1. The summed E-state index contributed by atoms with van der Waals surface area (Å²) in [6.07, 6.45) is 2.48. The minimum Gasteiger partial charge on any atom is -0.383 e. The molecule has 0 bridgehead atoms. The van der Waals surface area contributed by atoms with Crippen LogP contribution in [0.15, 0.2) is 0 Å². The molecule has 0 amide bonds. The van der Waals surface area contributed by atoms with Gasteiger partial charge in [-0.15, -0.1) is 0 Å². The van der Waals surface area contributed by atoms with Gasteiger partial charge in [0.2, 0.25) is 0 Å². The van der Waals surface area contributed by atoms with Crippen LogP contribution in [0.3, 0.4) is 0 Å². The van der Waals surface area contributed by atoms with Gasteiger partial charge in [0, 0.05) is 19.2 Å². The fraction of sp³-hybridized carbons (Fsp3) is 1.00. The molecule has 0 fully saturated rings. The highest BCUT2D eigenvalue weighted by molar-refractivity contribution is 4.69. The first-order valence-corrected chi connectivity index (χ1v) is 5.49. The van der Waals surface area contributed by atoms with Gasteiger partial charge in [-0.1, -0.05) is 0 Å². The van der Waals surface area contributed by atoms with Crippen molar-refractivity contribution in [3.63, 3.8) is 0 Å². The molecule has 14 heavy (non-hydrogen) atoms. The van der Waals surface area contributed by atoms with E-state index in [4.69, 9.17) is 4.74 Å². The van der Waals surface area contributed by atoms with Crippen molar-refractivity contribution >= 4 is 0 Å². The molecule has 0 aromatic heterocycles. The average Bonchev–Trinajstić information content (AvgIpc) is 2.17. The summed E-state index contributed by atoms with van der Waals surface area (Å²) in [5, 5.41) is 3.17. The Kier molecular flexibility index (Phi) is 8.14. The highest BCUT2D eigenvalue weighted by Crippen LogP contribution is 2.08. The quantitative estimate of drug-likeness (QED) is 0.601. The highest BCUT2D eigenvalue weighted by atomic mass is 16.5. The van der Waals surface area contributed by atoms with Crippen molar-refractivity contribution in [3.8, 4) is 0 Å². The van der Waals surface area contributed by atoms with Crippen molar-refractivity contribution in [2.75, 3.05) is 34.4 Å². The number of likely N-dealkylation sites (N-methyl/N-ethyl adjacent to an activating group) is 1. The Morgan fingerprint density at radius 2 is 1.93 bits per heavy atom. The summed E-state index contributed by atoms with van der Waals surface area (Å²) >= 11 is 0.